The number of nitriles is 1. The largest absolute Gasteiger partial charge is 0.493 e. The van der Waals surface area contributed by atoms with Crippen LogP contribution in [-0.2, 0) is 0 Å². The van der Waals surface area contributed by atoms with Crippen molar-refractivity contribution in [1.82, 2.24) is 9.97 Å². The molecule has 0 aliphatic heterocycles. The van der Waals surface area contributed by atoms with Gasteiger partial charge in [0, 0.05) is 12.3 Å². The Morgan fingerprint density at radius 2 is 2.15 bits per heavy atom. The third-order valence-electron chi connectivity index (χ3n) is 2.47. The SMILES string of the molecule is COc1cc(C#N)cc(C)c1Oc1nc(Cl)ncc1Br. The Bertz CT molecular complexity index is 701. The Balaban J connectivity index is 2.48. The quantitative estimate of drug-likeness (QED) is 0.783. The van der Waals surface area contributed by atoms with Crippen LogP contribution in [0, 0.1) is 18.3 Å². The normalized spacial score (nSPS) is 9.95. The Morgan fingerprint density at radius 3 is 2.80 bits per heavy atom. The zero-order chi connectivity index (χ0) is 14.7. The van der Waals surface area contributed by atoms with Crippen LogP contribution in [0.25, 0.3) is 0 Å². The molecule has 0 atom stereocenters. The lowest BCUT2D eigenvalue weighted by molar-refractivity contribution is 0.371. The molecule has 0 aliphatic rings. The van der Waals surface area contributed by atoms with E-state index in [0.29, 0.717) is 21.5 Å². The molecule has 0 bridgehead atoms. The van der Waals surface area contributed by atoms with E-state index in [0.717, 1.165) is 5.56 Å². The molecule has 0 saturated heterocycles. The summed E-state index contributed by atoms with van der Waals surface area (Å²) in [4.78, 5) is 7.82. The van der Waals surface area contributed by atoms with Gasteiger partial charge in [-0.05, 0) is 46.1 Å². The maximum Gasteiger partial charge on any atom is 0.238 e. The van der Waals surface area contributed by atoms with Crippen LogP contribution >= 0.6 is 27.5 Å². The van der Waals surface area contributed by atoms with E-state index >= 15 is 0 Å². The van der Waals surface area contributed by atoms with Crippen molar-refractivity contribution in [2.45, 2.75) is 6.92 Å². The molecule has 0 radical (unpaired) electrons. The van der Waals surface area contributed by atoms with Gasteiger partial charge >= 0.3 is 0 Å². The first-order chi connectivity index (χ1) is 9.55. The van der Waals surface area contributed by atoms with Crippen LogP contribution in [0.15, 0.2) is 22.8 Å². The summed E-state index contributed by atoms with van der Waals surface area (Å²) >= 11 is 9.03. The van der Waals surface area contributed by atoms with Gasteiger partial charge in [-0.1, -0.05) is 0 Å². The summed E-state index contributed by atoms with van der Waals surface area (Å²) in [7, 11) is 1.50. The fourth-order valence-corrected chi connectivity index (χ4v) is 1.99. The summed E-state index contributed by atoms with van der Waals surface area (Å²) in [5.41, 5.74) is 1.24. The summed E-state index contributed by atoms with van der Waals surface area (Å²) in [6.45, 7) is 1.81. The number of benzene rings is 1. The number of nitrogens with zero attached hydrogens (tertiary/aromatic N) is 3. The Hall–Kier alpha value is -1.84. The maximum atomic E-state index is 8.95. The molecule has 0 fully saturated rings. The summed E-state index contributed by atoms with van der Waals surface area (Å²) in [6, 6.07) is 5.36. The van der Waals surface area contributed by atoms with Crippen LogP contribution in [0.5, 0.6) is 17.4 Å². The van der Waals surface area contributed by atoms with Gasteiger partial charge in [0.05, 0.1) is 23.2 Å². The van der Waals surface area contributed by atoms with Gasteiger partial charge in [0.1, 0.15) is 0 Å². The van der Waals surface area contributed by atoms with Gasteiger partial charge in [-0.25, -0.2) is 4.98 Å². The van der Waals surface area contributed by atoms with Gasteiger partial charge < -0.3 is 9.47 Å². The van der Waals surface area contributed by atoms with E-state index in [-0.39, 0.29) is 11.2 Å². The van der Waals surface area contributed by atoms with Gasteiger partial charge in [-0.15, -0.1) is 0 Å². The average molecular weight is 355 g/mol. The van der Waals surface area contributed by atoms with Gasteiger partial charge in [0.25, 0.3) is 0 Å². The molecular formula is C13H9BrClN3O2. The summed E-state index contributed by atoms with van der Waals surface area (Å²) in [5.74, 6) is 1.20. The molecule has 0 aliphatic carbocycles. The molecule has 20 heavy (non-hydrogen) atoms. The smallest absolute Gasteiger partial charge is 0.238 e. The van der Waals surface area contributed by atoms with Gasteiger partial charge in [0.2, 0.25) is 11.2 Å². The minimum absolute atomic E-state index is 0.0773. The number of hydrogen-bond donors (Lipinski definition) is 0. The van der Waals surface area contributed by atoms with E-state index in [9.17, 15) is 0 Å². The minimum Gasteiger partial charge on any atom is -0.493 e. The topological polar surface area (TPSA) is 68.0 Å². The second-order valence-electron chi connectivity index (χ2n) is 3.83. The molecule has 102 valence electrons. The van der Waals surface area contributed by atoms with Crippen molar-refractivity contribution in [3.8, 4) is 23.4 Å². The van der Waals surface area contributed by atoms with Crippen LogP contribution in [0.1, 0.15) is 11.1 Å². The third kappa shape index (κ3) is 3.00. The molecule has 1 heterocycles. The second kappa shape index (κ2) is 6.07. The molecule has 5 nitrogen and oxygen atoms in total. The van der Waals surface area contributed by atoms with Crippen molar-refractivity contribution >= 4 is 27.5 Å². The highest BCUT2D eigenvalue weighted by Gasteiger charge is 2.14. The predicted molar refractivity (Wildman–Crippen MR) is 77.3 cm³/mol. The van der Waals surface area contributed by atoms with Crippen LogP contribution in [-0.4, -0.2) is 17.1 Å². The standard InChI is InChI=1S/C13H9BrClN3O2/c1-7-3-8(5-16)4-10(19-2)11(7)20-12-9(14)6-17-13(15)18-12/h3-4,6H,1-2H3. The first-order valence-corrected chi connectivity index (χ1v) is 6.67. The number of aryl methyl sites for hydroxylation is 1. The first-order valence-electron chi connectivity index (χ1n) is 5.49. The zero-order valence-corrected chi connectivity index (χ0v) is 13.0. The highest BCUT2D eigenvalue weighted by atomic mass is 79.9. The number of aromatic nitrogens is 2. The van der Waals surface area contributed by atoms with Crippen molar-refractivity contribution in [3.05, 3.63) is 39.2 Å². The number of rotatable bonds is 3. The Labute approximate surface area is 129 Å². The Kier molecular flexibility index (Phi) is 4.42. The van der Waals surface area contributed by atoms with Gasteiger partial charge in [-0.3, -0.25) is 0 Å². The number of ether oxygens (including phenoxy) is 2. The van der Waals surface area contributed by atoms with Crippen molar-refractivity contribution in [1.29, 1.82) is 5.26 Å². The molecule has 2 rings (SSSR count). The number of hydrogen-bond acceptors (Lipinski definition) is 5. The molecule has 2 aromatic rings. The van der Waals surface area contributed by atoms with Gasteiger partial charge in [-0.2, -0.15) is 10.2 Å². The number of halogens is 2. The lowest BCUT2D eigenvalue weighted by Gasteiger charge is -2.13. The van der Waals surface area contributed by atoms with Gasteiger partial charge in [0.15, 0.2) is 11.5 Å². The molecule has 7 heteroatoms. The fraction of sp³-hybridized carbons (Fsp3) is 0.154. The molecule has 0 saturated carbocycles. The van der Waals surface area contributed by atoms with Crippen molar-refractivity contribution in [3.63, 3.8) is 0 Å². The van der Waals surface area contributed by atoms with Crippen LogP contribution in [0.4, 0.5) is 0 Å². The van der Waals surface area contributed by atoms with Crippen LogP contribution in [0.3, 0.4) is 0 Å². The molecule has 0 spiro atoms. The summed E-state index contributed by atoms with van der Waals surface area (Å²) in [5, 5.41) is 9.03. The molecule has 0 amide bonds. The maximum absolute atomic E-state index is 8.95. The van der Waals surface area contributed by atoms with Crippen LogP contribution in [0.2, 0.25) is 5.28 Å². The predicted octanol–water partition coefficient (Wildman–Crippen LogP) is 3.87. The van der Waals surface area contributed by atoms with E-state index in [1.54, 1.807) is 12.1 Å². The summed E-state index contributed by atoms with van der Waals surface area (Å²) < 4.78 is 11.5. The third-order valence-corrected chi connectivity index (χ3v) is 3.20. The molecule has 0 N–H and O–H groups in total. The molecular weight excluding hydrogens is 346 g/mol. The van der Waals surface area contributed by atoms with E-state index < -0.39 is 0 Å². The fourth-order valence-electron chi connectivity index (χ4n) is 1.59. The Morgan fingerprint density at radius 1 is 1.40 bits per heavy atom. The van der Waals surface area contributed by atoms with Crippen LogP contribution < -0.4 is 9.47 Å². The van der Waals surface area contributed by atoms with E-state index in [4.69, 9.17) is 26.3 Å². The minimum atomic E-state index is 0.0773. The highest BCUT2D eigenvalue weighted by molar-refractivity contribution is 9.10. The van der Waals surface area contributed by atoms with Crippen molar-refractivity contribution in [2.75, 3.05) is 7.11 Å². The van der Waals surface area contributed by atoms with E-state index in [1.165, 1.54) is 13.3 Å². The lowest BCUT2D eigenvalue weighted by atomic mass is 10.1. The van der Waals surface area contributed by atoms with E-state index in [2.05, 4.69) is 32.0 Å². The van der Waals surface area contributed by atoms with E-state index in [1.807, 2.05) is 6.92 Å². The highest BCUT2D eigenvalue weighted by Crippen LogP contribution is 2.37. The number of methoxy groups -OCH3 is 1. The van der Waals surface area contributed by atoms with Crippen molar-refractivity contribution in [2.24, 2.45) is 0 Å². The molecule has 0 unspecified atom stereocenters. The summed E-state index contributed by atoms with van der Waals surface area (Å²) in [6.07, 6.45) is 1.50. The monoisotopic (exact) mass is 353 g/mol. The lowest BCUT2D eigenvalue weighted by Crippen LogP contribution is -1.97. The van der Waals surface area contributed by atoms with Crippen molar-refractivity contribution < 1.29 is 9.47 Å². The first kappa shape index (κ1) is 14.6. The average Bonchev–Trinajstić information content (AvgIpc) is 2.44. The molecule has 1 aromatic heterocycles. The second-order valence-corrected chi connectivity index (χ2v) is 5.02. The molecule has 1 aromatic carbocycles. The zero-order valence-electron chi connectivity index (χ0n) is 10.6.